The molecule has 8 rings (SSSR count). The van der Waals surface area contributed by atoms with Gasteiger partial charge >= 0.3 is 5.97 Å². The summed E-state index contributed by atoms with van der Waals surface area (Å²) in [6.07, 6.45) is 13.5. The number of carbonyl (C=O) groups is 2. The molecule has 2 aromatic heterocycles. The monoisotopic (exact) mass is 702 g/mol. The molecule has 2 unspecified atom stereocenters. The van der Waals surface area contributed by atoms with E-state index in [-0.39, 0.29) is 37.3 Å². The standard InChI is InChI=1S/C19H22FN3O.C19H21FN2O2.CH5N.CH4/c20-19(8-5-13(6-9-19)18(21)24)10-7-16-14-3-1-2-4-15(14)17-11-22-12-23(16)17;20-19(8-5-13(6-9-19)18(23)24)10-7-16-14-3-1-2-4-15(14)17-11-21-12-22(16)17;1-2;/h1-4,11-13,16H,5-10H2,(H2,21,24);1-4,11-13,16H,5-10H2,(H,23,24);2H2,1H3;1H4. The number of hydrogen-bond acceptors (Lipinski definition) is 5. The van der Waals surface area contributed by atoms with Crippen molar-refractivity contribution in [2.45, 2.75) is 108 Å². The first kappa shape index (κ1) is 37.9. The third-order valence-corrected chi connectivity index (χ3v) is 11.4. The number of imidazole rings is 2. The average molecular weight is 703 g/mol. The van der Waals surface area contributed by atoms with E-state index in [0.29, 0.717) is 70.6 Å². The van der Waals surface area contributed by atoms with Gasteiger partial charge in [-0.25, -0.2) is 18.7 Å². The molecular weight excluding hydrogens is 650 g/mol. The molecule has 2 atom stereocenters. The van der Waals surface area contributed by atoms with E-state index in [4.69, 9.17) is 10.8 Å². The summed E-state index contributed by atoms with van der Waals surface area (Å²) in [5.41, 5.74) is 14.5. The van der Waals surface area contributed by atoms with Crippen molar-refractivity contribution >= 4 is 11.9 Å². The third kappa shape index (κ3) is 7.78. The van der Waals surface area contributed by atoms with Gasteiger partial charge in [-0.05, 0) is 95.2 Å². The number of aromatic nitrogens is 4. The van der Waals surface area contributed by atoms with Crippen LogP contribution in [0.25, 0.3) is 22.5 Å². The second-order valence-electron chi connectivity index (χ2n) is 14.2. The van der Waals surface area contributed by atoms with Gasteiger partial charge in [0.15, 0.2) is 0 Å². The number of aliphatic carboxylic acids is 1. The predicted octanol–water partition coefficient (Wildman–Crippen LogP) is 8.04. The van der Waals surface area contributed by atoms with E-state index in [1.54, 1.807) is 0 Å². The molecule has 0 bridgehead atoms. The topological polar surface area (TPSA) is 142 Å². The molecule has 0 radical (unpaired) electrons. The van der Waals surface area contributed by atoms with Crippen molar-refractivity contribution < 1.29 is 23.5 Å². The number of benzene rings is 2. The number of carbonyl (C=O) groups excluding carboxylic acids is 1. The van der Waals surface area contributed by atoms with Gasteiger partial charge in [0.2, 0.25) is 5.91 Å². The Morgan fingerprint density at radius 3 is 1.53 bits per heavy atom. The Kier molecular flexibility index (Phi) is 11.8. The zero-order valence-electron chi connectivity index (χ0n) is 28.7. The molecule has 4 heterocycles. The van der Waals surface area contributed by atoms with Crippen LogP contribution in [0.4, 0.5) is 8.78 Å². The molecule has 2 fully saturated rings. The second kappa shape index (κ2) is 15.9. The Labute approximate surface area is 299 Å². The summed E-state index contributed by atoms with van der Waals surface area (Å²) in [5.74, 6) is -1.60. The molecule has 274 valence electrons. The molecule has 11 heteroatoms. The van der Waals surface area contributed by atoms with Gasteiger partial charge in [-0.3, -0.25) is 9.59 Å². The van der Waals surface area contributed by atoms with Crippen molar-refractivity contribution in [3.63, 3.8) is 0 Å². The highest BCUT2D eigenvalue weighted by Crippen LogP contribution is 2.46. The van der Waals surface area contributed by atoms with Crippen LogP contribution in [0, 0.1) is 11.8 Å². The molecular formula is C40H52F2N6O3. The molecule has 2 aromatic carbocycles. The number of halogens is 2. The fourth-order valence-electron chi connectivity index (χ4n) is 8.55. The largest absolute Gasteiger partial charge is 0.481 e. The zero-order chi connectivity index (χ0) is 35.5. The van der Waals surface area contributed by atoms with Crippen LogP contribution in [0.3, 0.4) is 0 Å². The fraction of sp³-hybridized carbons (Fsp3) is 0.500. The molecule has 1 amide bonds. The van der Waals surface area contributed by atoms with Crippen LogP contribution in [0.5, 0.6) is 0 Å². The van der Waals surface area contributed by atoms with Gasteiger partial charge in [-0.15, -0.1) is 0 Å². The number of fused-ring (bicyclic) bond motifs is 6. The fourth-order valence-corrected chi connectivity index (χ4v) is 8.55. The van der Waals surface area contributed by atoms with E-state index in [1.807, 2.05) is 49.3 Å². The molecule has 4 aromatic rings. The van der Waals surface area contributed by atoms with Gasteiger partial charge in [0.1, 0.15) is 11.3 Å². The molecule has 2 aliphatic heterocycles. The number of nitrogens with zero attached hydrogens (tertiary/aromatic N) is 4. The van der Waals surface area contributed by atoms with Crippen molar-refractivity contribution in [3.05, 3.63) is 84.7 Å². The molecule has 0 spiro atoms. The van der Waals surface area contributed by atoms with Crippen molar-refractivity contribution in [2.75, 3.05) is 7.05 Å². The van der Waals surface area contributed by atoms with Crippen LogP contribution >= 0.6 is 0 Å². The highest BCUT2D eigenvalue weighted by atomic mass is 19.1. The lowest BCUT2D eigenvalue weighted by atomic mass is 9.77. The molecule has 2 saturated carbocycles. The van der Waals surface area contributed by atoms with Crippen molar-refractivity contribution in [3.8, 4) is 22.5 Å². The second-order valence-corrected chi connectivity index (χ2v) is 14.2. The van der Waals surface area contributed by atoms with E-state index in [1.165, 1.54) is 29.3 Å². The lowest BCUT2D eigenvalue weighted by molar-refractivity contribution is -0.143. The van der Waals surface area contributed by atoms with Crippen LogP contribution < -0.4 is 11.5 Å². The lowest BCUT2D eigenvalue weighted by Crippen LogP contribution is -2.35. The number of amides is 1. The van der Waals surface area contributed by atoms with Crippen molar-refractivity contribution in [2.24, 2.45) is 23.3 Å². The van der Waals surface area contributed by atoms with E-state index in [9.17, 15) is 9.59 Å². The maximum absolute atomic E-state index is 15.2. The third-order valence-electron chi connectivity index (χ3n) is 11.4. The minimum atomic E-state index is -1.23. The molecule has 5 N–H and O–H groups in total. The normalized spacial score (nSPS) is 26.8. The Morgan fingerprint density at radius 1 is 0.745 bits per heavy atom. The van der Waals surface area contributed by atoms with Crippen molar-refractivity contribution in [1.29, 1.82) is 0 Å². The molecule has 9 nitrogen and oxygen atoms in total. The molecule has 2 aliphatic carbocycles. The van der Waals surface area contributed by atoms with Crippen LogP contribution in [0.15, 0.2) is 73.6 Å². The summed E-state index contributed by atoms with van der Waals surface area (Å²) in [6.45, 7) is 0. The minimum Gasteiger partial charge on any atom is -0.481 e. The van der Waals surface area contributed by atoms with Gasteiger partial charge < -0.3 is 25.7 Å². The van der Waals surface area contributed by atoms with Gasteiger partial charge in [0.25, 0.3) is 0 Å². The van der Waals surface area contributed by atoms with Crippen LogP contribution in [-0.2, 0) is 9.59 Å². The quantitative estimate of drug-likeness (QED) is 0.170. The van der Waals surface area contributed by atoms with Gasteiger partial charge in [-0.2, -0.15) is 0 Å². The molecule has 4 aliphatic rings. The first-order valence-electron chi connectivity index (χ1n) is 17.8. The summed E-state index contributed by atoms with van der Waals surface area (Å²) in [6, 6.07) is 16.8. The smallest absolute Gasteiger partial charge is 0.306 e. The first-order valence-corrected chi connectivity index (χ1v) is 17.8. The first-order chi connectivity index (χ1) is 24.1. The molecule has 51 heavy (non-hydrogen) atoms. The summed E-state index contributed by atoms with van der Waals surface area (Å²) in [7, 11) is 1.50. The predicted molar refractivity (Wildman–Crippen MR) is 195 cm³/mol. The minimum absolute atomic E-state index is 0. The van der Waals surface area contributed by atoms with Gasteiger partial charge in [0, 0.05) is 17.0 Å². The summed E-state index contributed by atoms with van der Waals surface area (Å²) >= 11 is 0. The summed E-state index contributed by atoms with van der Waals surface area (Å²) in [4.78, 5) is 30.8. The van der Waals surface area contributed by atoms with Crippen LogP contribution in [-0.4, -0.2) is 54.5 Å². The zero-order valence-corrected chi connectivity index (χ0v) is 28.7. The number of alkyl halides is 2. The van der Waals surface area contributed by atoms with E-state index in [2.05, 4.69) is 49.1 Å². The van der Waals surface area contributed by atoms with Gasteiger partial charge in [0.05, 0.1) is 54.4 Å². The maximum atomic E-state index is 15.2. The Balaban J connectivity index is 0.000000185. The number of carboxylic acids is 1. The Bertz CT molecular complexity index is 1660. The maximum Gasteiger partial charge on any atom is 0.306 e. The highest BCUT2D eigenvalue weighted by molar-refractivity contribution is 5.76. The summed E-state index contributed by atoms with van der Waals surface area (Å²) in [5, 5.41) is 9.07. The Hall–Kier alpha value is -4.38. The summed E-state index contributed by atoms with van der Waals surface area (Å²) < 4.78 is 34.6. The van der Waals surface area contributed by atoms with Gasteiger partial charge in [-0.1, -0.05) is 56.0 Å². The van der Waals surface area contributed by atoms with E-state index < -0.39 is 17.3 Å². The Morgan fingerprint density at radius 2 is 1.14 bits per heavy atom. The van der Waals surface area contributed by atoms with E-state index in [0.717, 1.165) is 17.8 Å². The van der Waals surface area contributed by atoms with Crippen molar-refractivity contribution in [1.82, 2.24) is 19.1 Å². The number of rotatable bonds is 8. The number of nitrogens with two attached hydrogens (primary N) is 2. The number of primary amides is 1. The average Bonchev–Trinajstić information content (AvgIpc) is 3.91. The van der Waals surface area contributed by atoms with Crippen LogP contribution in [0.1, 0.15) is 108 Å². The number of carboxylic acid groups (broad SMARTS) is 1. The lowest BCUT2D eigenvalue weighted by Gasteiger charge is -2.33. The highest BCUT2D eigenvalue weighted by Gasteiger charge is 2.40. The van der Waals surface area contributed by atoms with E-state index >= 15 is 8.78 Å². The van der Waals surface area contributed by atoms with Crippen LogP contribution in [0.2, 0.25) is 0 Å². The molecule has 0 saturated heterocycles. The number of hydrogen-bond donors (Lipinski definition) is 3. The SMILES string of the molecule is C.CN.NC(=O)C1CCC(F)(CCC2c3ccccc3-c3cncn32)CC1.O=C(O)C1CCC(F)(CCC2c3ccccc3-c3cncn32)CC1.